The average Bonchev–Trinajstić information content (AvgIpc) is 2.43. The van der Waals surface area contributed by atoms with Crippen LogP contribution in [0.3, 0.4) is 0 Å². The molecule has 56 valence electrons. The standard InChI is InChI=1S/C9H14O/c1-3-8(4-2)9-6-5-7-10-9/h5-8H,3-4H2,1-2H3. The van der Waals surface area contributed by atoms with Crippen LogP contribution in [0.1, 0.15) is 38.4 Å². The minimum Gasteiger partial charge on any atom is -0.469 e. The van der Waals surface area contributed by atoms with E-state index in [-0.39, 0.29) is 0 Å². The van der Waals surface area contributed by atoms with Crippen LogP contribution in [0.15, 0.2) is 22.8 Å². The first kappa shape index (κ1) is 7.39. The summed E-state index contributed by atoms with van der Waals surface area (Å²) in [5.74, 6) is 1.75. The number of furan rings is 1. The lowest BCUT2D eigenvalue weighted by atomic mass is 10.0. The zero-order valence-electron chi connectivity index (χ0n) is 6.63. The molecule has 10 heavy (non-hydrogen) atoms. The van der Waals surface area contributed by atoms with E-state index in [4.69, 9.17) is 4.42 Å². The summed E-state index contributed by atoms with van der Waals surface area (Å²) in [5.41, 5.74) is 0. The van der Waals surface area contributed by atoms with Crippen LogP contribution in [0, 0.1) is 0 Å². The summed E-state index contributed by atoms with van der Waals surface area (Å²) in [4.78, 5) is 0. The predicted octanol–water partition coefficient (Wildman–Crippen LogP) is 3.18. The van der Waals surface area contributed by atoms with Crippen LogP contribution in [0.25, 0.3) is 0 Å². The minimum absolute atomic E-state index is 0.620. The third-order valence-electron chi connectivity index (χ3n) is 1.93. The van der Waals surface area contributed by atoms with Crippen molar-refractivity contribution in [3.63, 3.8) is 0 Å². The smallest absolute Gasteiger partial charge is 0.106 e. The van der Waals surface area contributed by atoms with Gasteiger partial charge in [0.05, 0.1) is 6.26 Å². The molecule has 0 amide bonds. The summed E-state index contributed by atoms with van der Waals surface area (Å²) in [6, 6.07) is 4.01. The highest BCUT2D eigenvalue weighted by Crippen LogP contribution is 2.22. The van der Waals surface area contributed by atoms with Gasteiger partial charge >= 0.3 is 0 Å². The van der Waals surface area contributed by atoms with E-state index in [1.165, 1.54) is 12.8 Å². The molecule has 1 nitrogen and oxygen atoms in total. The predicted molar refractivity (Wildman–Crippen MR) is 42.0 cm³/mol. The second kappa shape index (κ2) is 3.45. The average molecular weight is 138 g/mol. The highest BCUT2D eigenvalue weighted by molar-refractivity contribution is 5.04. The maximum atomic E-state index is 5.28. The van der Waals surface area contributed by atoms with E-state index in [0.29, 0.717) is 5.92 Å². The molecule has 0 N–H and O–H groups in total. The molecule has 0 aliphatic carbocycles. The van der Waals surface area contributed by atoms with Gasteiger partial charge in [0.2, 0.25) is 0 Å². The largest absolute Gasteiger partial charge is 0.469 e. The summed E-state index contributed by atoms with van der Waals surface area (Å²) < 4.78 is 5.28. The van der Waals surface area contributed by atoms with Crippen LogP contribution in [-0.2, 0) is 0 Å². The maximum absolute atomic E-state index is 5.28. The molecular weight excluding hydrogens is 124 g/mol. The molecule has 0 saturated carbocycles. The number of hydrogen-bond donors (Lipinski definition) is 0. The van der Waals surface area contributed by atoms with Gasteiger partial charge in [0.15, 0.2) is 0 Å². The topological polar surface area (TPSA) is 13.1 Å². The molecule has 1 heteroatoms. The van der Waals surface area contributed by atoms with Crippen LogP contribution in [0.5, 0.6) is 0 Å². The van der Waals surface area contributed by atoms with Crippen molar-refractivity contribution in [2.24, 2.45) is 0 Å². The molecule has 1 heterocycles. The van der Waals surface area contributed by atoms with E-state index < -0.39 is 0 Å². The van der Waals surface area contributed by atoms with Crippen molar-refractivity contribution >= 4 is 0 Å². The van der Waals surface area contributed by atoms with Crippen LogP contribution < -0.4 is 0 Å². The molecule has 1 aromatic rings. The van der Waals surface area contributed by atoms with E-state index in [0.717, 1.165) is 5.76 Å². The molecule has 0 aromatic carbocycles. The van der Waals surface area contributed by atoms with Gasteiger partial charge in [-0.15, -0.1) is 0 Å². The van der Waals surface area contributed by atoms with Gasteiger partial charge in [0, 0.05) is 5.92 Å². The first-order valence-electron chi connectivity index (χ1n) is 3.91. The molecule has 0 spiro atoms. The van der Waals surface area contributed by atoms with Gasteiger partial charge in [-0.2, -0.15) is 0 Å². The summed E-state index contributed by atoms with van der Waals surface area (Å²) in [6.45, 7) is 4.38. The molecule has 0 aliphatic heterocycles. The lowest BCUT2D eigenvalue weighted by molar-refractivity contribution is 0.447. The van der Waals surface area contributed by atoms with Gasteiger partial charge in [-0.1, -0.05) is 13.8 Å². The van der Waals surface area contributed by atoms with Crippen molar-refractivity contribution in [2.45, 2.75) is 32.6 Å². The van der Waals surface area contributed by atoms with Crippen molar-refractivity contribution in [3.05, 3.63) is 24.2 Å². The fourth-order valence-corrected chi connectivity index (χ4v) is 1.21. The van der Waals surface area contributed by atoms with Crippen molar-refractivity contribution in [1.82, 2.24) is 0 Å². The van der Waals surface area contributed by atoms with Gasteiger partial charge in [-0.3, -0.25) is 0 Å². The zero-order chi connectivity index (χ0) is 7.40. The van der Waals surface area contributed by atoms with E-state index in [9.17, 15) is 0 Å². The van der Waals surface area contributed by atoms with Crippen LogP contribution >= 0.6 is 0 Å². The summed E-state index contributed by atoms with van der Waals surface area (Å²) >= 11 is 0. The van der Waals surface area contributed by atoms with Gasteiger partial charge in [-0.25, -0.2) is 0 Å². The Morgan fingerprint density at radius 2 is 2.10 bits per heavy atom. The van der Waals surface area contributed by atoms with Crippen molar-refractivity contribution in [2.75, 3.05) is 0 Å². The van der Waals surface area contributed by atoms with Crippen LogP contribution in [-0.4, -0.2) is 0 Å². The van der Waals surface area contributed by atoms with E-state index in [1.807, 2.05) is 6.07 Å². The summed E-state index contributed by atoms with van der Waals surface area (Å²) in [7, 11) is 0. The molecular formula is C9H14O. The summed E-state index contributed by atoms with van der Waals surface area (Å²) in [6.07, 6.45) is 4.09. The quantitative estimate of drug-likeness (QED) is 0.625. The molecule has 0 atom stereocenters. The van der Waals surface area contributed by atoms with E-state index in [1.54, 1.807) is 6.26 Å². The lowest BCUT2D eigenvalue weighted by Gasteiger charge is -2.06. The molecule has 1 aromatic heterocycles. The van der Waals surface area contributed by atoms with Crippen LogP contribution in [0.2, 0.25) is 0 Å². The van der Waals surface area contributed by atoms with E-state index in [2.05, 4.69) is 19.9 Å². The number of rotatable bonds is 3. The molecule has 0 bridgehead atoms. The number of hydrogen-bond acceptors (Lipinski definition) is 1. The fraction of sp³-hybridized carbons (Fsp3) is 0.556. The zero-order valence-corrected chi connectivity index (χ0v) is 6.63. The lowest BCUT2D eigenvalue weighted by Crippen LogP contribution is -1.91. The monoisotopic (exact) mass is 138 g/mol. The molecule has 0 aliphatic rings. The Bertz CT molecular complexity index is 161. The van der Waals surface area contributed by atoms with Gasteiger partial charge in [0.25, 0.3) is 0 Å². The highest BCUT2D eigenvalue weighted by atomic mass is 16.3. The molecule has 0 radical (unpaired) electrons. The Kier molecular flexibility index (Phi) is 2.55. The van der Waals surface area contributed by atoms with Crippen LogP contribution in [0.4, 0.5) is 0 Å². The Hall–Kier alpha value is -0.720. The fourth-order valence-electron chi connectivity index (χ4n) is 1.21. The highest BCUT2D eigenvalue weighted by Gasteiger charge is 2.07. The molecule has 0 saturated heterocycles. The van der Waals surface area contributed by atoms with Crippen molar-refractivity contribution in [3.8, 4) is 0 Å². The Morgan fingerprint density at radius 3 is 2.50 bits per heavy atom. The Morgan fingerprint density at radius 1 is 1.40 bits per heavy atom. The van der Waals surface area contributed by atoms with Gasteiger partial charge in [-0.05, 0) is 25.0 Å². The normalized spacial score (nSPS) is 10.7. The first-order chi connectivity index (χ1) is 4.88. The van der Waals surface area contributed by atoms with Crippen molar-refractivity contribution < 1.29 is 4.42 Å². The third kappa shape index (κ3) is 1.41. The van der Waals surface area contributed by atoms with E-state index >= 15 is 0 Å². The van der Waals surface area contributed by atoms with Gasteiger partial charge in [0.1, 0.15) is 5.76 Å². The Balaban J connectivity index is 2.64. The minimum atomic E-state index is 0.620. The summed E-state index contributed by atoms with van der Waals surface area (Å²) in [5, 5.41) is 0. The van der Waals surface area contributed by atoms with Gasteiger partial charge < -0.3 is 4.42 Å². The second-order valence-electron chi connectivity index (χ2n) is 2.53. The molecule has 0 unspecified atom stereocenters. The first-order valence-corrected chi connectivity index (χ1v) is 3.91. The molecule has 0 fully saturated rings. The maximum Gasteiger partial charge on any atom is 0.106 e. The SMILES string of the molecule is CCC(CC)c1ccco1. The second-order valence-corrected chi connectivity index (χ2v) is 2.53. The van der Waals surface area contributed by atoms with Crippen molar-refractivity contribution in [1.29, 1.82) is 0 Å². The Labute approximate surface area is 62.1 Å². The third-order valence-corrected chi connectivity index (χ3v) is 1.93. The molecule has 1 rings (SSSR count).